The third-order valence-electron chi connectivity index (χ3n) is 3.12. The predicted molar refractivity (Wildman–Crippen MR) is 79.1 cm³/mol. The normalized spacial score (nSPS) is 14.3. The van der Waals surface area contributed by atoms with Crippen molar-refractivity contribution < 1.29 is 14.3 Å². The number of ether oxygens (including phenoxy) is 1. The van der Waals surface area contributed by atoms with Crippen molar-refractivity contribution in [3.8, 4) is 0 Å². The molecule has 0 atom stereocenters. The van der Waals surface area contributed by atoms with Gasteiger partial charge in [-0.3, -0.25) is 4.79 Å². The summed E-state index contributed by atoms with van der Waals surface area (Å²) in [4.78, 5) is 24.0. The van der Waals surface area contributed by atoms with E-state index < -0.39 is 0 Å². The van der Waals surface area contributed by atoms with E-state index in [-0.39, 0.29) is 11.9 Å². The van der Waals surface area contributed by atoms with E-state index in [2.05, 4.69) is 21.2 Å². The van der Waals surface area contributed by atoms with Crippen LogP contribution in [-0.4, -0.2) is 18.5 Å². The van der Waals surface area contributed by atoms with Crippen LogP contribution in [-0.2, 0) is 9.53 Å². The quantitative estimate of drug-likeness (QED) is 0.858. The summed E-state index contributed by atoms with van der Waals surface area (Å²) in [6, 6.07) is 7.19. The van der Waals surface area contributed by atoms with Crippen molar-refractivity contribution in [3.05, 3.63) is 45.6 Å². The molecule has 1 N–H and O–H groups in total. The molecule has 0 unspecified atom stereocenters. The fraction of sp³-hybridized carbons (Fsp3) is 0.333. The van der Waals surface area contributed by atoms with Gasteiger partial charge in [-0.25, -0.2) is 4.79 Å². The zero-order chi connectivity index (χ0) is 14.5. The van der Waals surface area contributed by atoms with Gasteiger partial charge in [-0.15, -0.1) is 0 Å². The van der Waals surface area contributed by atoms with Crippen LogP contribution in [0.1, 0.15) is 36.5 Å². The minimum absolute atomic E-state index is 0.212. The molecule has 106 valence electrons. The smallest absolute Gasteiger partial charge is 0.335 e. The Morgan fingerprint density at radius 1 is 1.30 bits per heavy atom. The van der Waals surface area contributed by atoms with Gasteiger partial charge in [0.1, 0.15) is 0 Å². The van der Waals surface area contributed by atoms with E-state index >= 15 is 0 Å². The highest BCUT2D eigenvalue weighted by Gasteiger charge is 2.24. The van der Waals surface area contributed by atoms with Crippen molar-refractivity contribution in [1.82, 2.24) is 5.32 Å². The maximum Gasteiger partial charge on any atom is 0.335 e. The van der Waals surface area contributed by atoms with Gasteiger partial charge in [-0.05, 0) is 54.2 Å². The number of rotatable bonds is 4. The Morgan fingerprint density at radius 3 is 2.75 bits per heavy atom. The van der Waals surface area contributed by atoms with Gasteiger partial charge in [0.15, 0.2) is 0 Å². The largest absolute Gasteiger partial charge is 0.463 e. The molecule has 0 spiro atoms. The van der Waals surface area contributed by atoms with Gasteiger partial charge in [0.2, 0.25) is 0 Å². The number of hydrogen-bond acceptors (Lipinski definition) is 3. The molecule has 4 nitrogen and oxygen atoms in total. The Bertz CT molecular complexity index is 566. The minimum Gasteiger partial charge on any atom is -0.463 e. The monoisotopic (exact) mass is 337 g/mol. The lowest BCUT2D eigenvalue weighted by atomic mass is 10.2. The molecule has 0 aromatic heterocycles. The summed E-state index contributed by atoms with van der Waals surface area (Å²) in [5.74, 6) is -0.538. The lowest BCUT2D eigenvalue weighted by molar-refractivity contribution is -0.138. The maximum absolute atomic E-state index is 12.2. The third-order valence-corrected chi connectivity index (χ3v) is 3.81. The number of halogens is 1. The van der Waals surface area contributed by atoms with Gasteiger partial charge in [-0.2, -0.15) is 0 Å². The lowest BCUT2D eigenvalue weighted by Gasteiger charge is -2.10. The first-order chi connectivity index (χ1) is 9.63. The fourth-order valence-corrected chi connectivity index (χ4v) is 2.64. The minimum atomic E-state index is -0.326. The van der Waals surface area contributed by atoms with Crippen molar-refractivity contribution in [2.75, 3.05) is 6.61 Å². The first kappa shape index (κ1) is 14.8. The van der Waals surface area contributed by atoms with Crippen molar-refractivity contribution in [2.45, 2.75) is 26.2 Å². The molecule has 0 saturated heterocycles. The average molecular weight is 338 g/mol. The molecule has 1 aliphatic rings. The van der Waals surface area contributed by atoms with E-state index in [1.165, 1.54) is 0 Å². The summed E-state index contributed by atoms with van der Waals surface area (Å²) in [5.41, 5.74) is 1.83. The zero-order valence-electron chi connectivity index (χ0n) is 11.2. The van der Waals surface area contributed by atoms with E-state index in [1.54, 1.807) is 19.1 Å². The molecule has 0 fully saturated rings. The van der Waals surface area contributed by atoms with Crippen LogP contribution in [0.3, 0.4) is 0 Å². The summed E-state index contributed by atoms with van der Waals surface area (Å²) < 4.78 is 5.74. The molecule has 1 amide bonds. The molecule has 0 heterocycles. The van der Waals surface area contributed by atoms with Gasteiger partial charge in [0.05, 0.1) is 17.7 Å². The van der Waals surface area contributed by atoms with Crippen LogP contribution in [0.4, 0.5) is 0 Å². The van der Waals surface area contributed by atoms with Crippen LogP contribution in [0.25, 0.3) is 0 Å². The molecule has 1 aromatic rings. The summed E-state index contributed by atoms with van der Waals surface area (Å²) in [6.45, 7) is 2.11. The molecule has 20 heavy (non-hydrogen) atoms. The number of carbonyl (C=O) groups excluding carboxylic acids is 2. The van der Waals surface area contributed by atoms with E-state index in [1.807, 2.05) is 12.1 Å². The predicted octanol–water partition coefficient (Wildman–Crippen LogP) is 3.18. The second kappa shape index (κ2) is 6.70. The molecule has 0 saturated carbocycles. The number of carbonyl (C=O) groups is 2. The zero-order valence-corrected chi connectivity index (χ0v) is 12.8. The van der Waals surface area contributed by atoms with Crippen LogP contribution in [0.2, 0.25) is 0 Å². The summed E-state index contributed by atoms with van der Waals surface area (Å²) in [6.07, 6.45) is 2.22. The van der Waals surface area contributed by atoms with Crippen LogP contribution in [0, 0.1) is 0 Å². The molecule has 0 radical (unpaired) electrons. The molecule has 5 heteroatoms. The molecule has 0 bridgehead atoms. The average Bonchev–Trinajstić information content (AvgIpc) is 2.87. The molecular weight excluding hydrogens is 322 g/mol. The highest BCUT2D eigenvalue weighted by atomic mass is 79.9. The lowest BCUT2D eigenvalue weighted by Crippen LogP contribution is -2.24. The number of nitrogens with one attached hydrogen (secondary N) is 1. The second-order valence-corrected chi connectivity index (χ2v) is 5.32. The number of allylic oxidation sites excluding steroid dienone is 1. The number of benzene rings is 1. The highest BCUT2D eigenvalue weighted by molar-refractivity contribution is 9.10. The Hall–Kier alpha value is -1.62. The number of hydrogen-bond donors (Lipinski definition) is 1. The van der Waals surface area contributed by atoms with Gasteiger partial charge in [-0.1, -0.05) is 12.1 Å². The van der Waals surface area contributed by atoms with Crippen LogP contribution < -0.4 is 5.32 Å². The Labute approximate surface area is 126 Å². The first-order valence-corrected chi connectivity index (χ1v) is 7.37. The van der Waals surface area contributed by atoms with Gasteiger partial charge in [0.25, 0.3) is 5.91 Å². The van der Waals surface area contributed by atoms with E-state index in [0.717, 1.165) is 10.9 Å². The Balaban J connectivity index is 2.16. The van der Waals surface area contributed by atoms with Crippen LogP contribution in [0.15, 0.2) is 40.0 Å². The number of amides is 1. The first-order valence-electron chi connectivity index (χ1n) is 6.58. The molecular formula is C15H16BrNO3. The molecule has 1 aliphatic carbocycles. The van der Waals surface area contributed by atoms with Crippen molar-refractivity contribution in [2.24, 2.45) is 0 Å². The van der Waals surface area contributed by atoms with E-state index in [0.29, 0.717) is 36.3 Å². The summed E-state index contributed by atoms with van der Waals surface area (Å²) in [7, 11) is 0. The van der Waals surface area contributed by atoms with Crippen LogP contribution in [0.5, 0.6) is 0 Å². The summed E-state index contributed by atoms with van der Waals surface area (Å²) >= 11 is 3.35. The maximum atomic E-state index is 12.2. The third kappa shape index (κ3) is 3.28. The number of esters is 1. The highest BCUT2D eigenvalue weighted by Crippen LogP contribution is 2.26. The van der Waals surface area contributed by atoms with Gasteiger partial charge in [0, 0.05) is 10.2 Å². The molecule has 2 rings (SSSR count). The van der Waals surface area contributed by atoms with E-state index in [4.69, 9.17) is 4.74 Å². The topological polar surface area (TPSA) is 55.4 Å². The van der Waals surface area contributed by atoms with Crippen molar-refractivity contribution in [3.63, 3.8) is 0 Å². The van der Waals surface area contributed by atoms with Gasteiger partial charge < -0.3 is 10.1 Å². The Morgan fingerprint density at radius 2 is 2.05 bits per heavy atom. The second-order valence-electron chi connectivity index (χ2n) is 4.47. The van der Waals surface area contributed by atoms with Crippen molar-refractivity contribution in [1.29, 1.82) is 0 Å². The van der Waals surface area contributed by atoms with Crippen LogP contribution >= 0.6 is 15.9 Å². The molecule has 0 aliphatic heterocycles. The standard InChI is InChI=1S/C15H16BrNO3/c1-2-20-15(19)11-7-5-9-13(11)17-14(18)10-6-3-4-8-12(10)16/h3-4,6,8H,2,5,7,9H2,1H3,(H,17,18). The fourth-order valence-electron chi connectivity index (χ4n) is 2.17. The van der Waals surface area contributed by atoms with E-state index in [9.17, 15) is 9.59 Å². The Kier molecular flexibility index (Phi) is 4.95. The van der Waals surface area contributed by atoms with Crippen molar-refractivity contribution >= 4 is 27.8 Å². The SMILES string of the molecule is CCOC(=O)C1=C(NC(=O)c2ccccc2Br)CCC1. The van der Waals surface area contributed by atoms with Gasteiger partial charge >= 0.3 is 5.97 Å². The molecule has 1 aromatic carbocycles. The summed E-state index contributed by atoms with van der Waals surface area (Å²) in [5, 5.41) is 2.84.